The number of aromatic nitrogens is 2. The fourth-order valence-electron chi connectivity index (χ4n) is 7.56. The van der Waals surface area contributed by atoms with Crippen LogP contribution in [0.3, 0.4) is 0 Å². The Morgan fingerprint density at radius 3 is 1.30 bits per heavy atom. The second-order valence-electron chi connectivity index (χ2n) is 17.1. The Morgan fingerprint density at radius 2 is 0.961 bits per heavy atom. The van der Waals surface area contributed by atoms with Crippen LogP contribution in [-0.4, -0.2) is 222 Å². The van der Waals surface area contributed by atoms with Gasteiger partial charge in [0.1, 0.15) is 47.8 Å². The number of nitrogens with one attached hydrogen (secondary N) is 4. The van der Waals surface area contributed by atoms with Crippen molar-refractivity contribution in [3.05, 3.63) is 72.1 Å². The predicted octanol–water partition coefficient (Wildman–Crippen LogP) is 0.750. The first-order valence-electron chi connectivity index (χ1n) is 23.1. The maximum atomic E-state index is 14.2. The molecule has 0 bridgehead atoms. The normalized spacial score (nSPS) is 21.9. The number of para-hydroxylation sites is 2. The Hall–Kier alpha value is -5.94. The summed E-state index contributed by atoms with van der Waals surface area (Å²) in [4.78, 5) is 153. The van der Waals surface area contributed by atoms with E-state index in [0.29, 0.717) is 45.3 Å². The lowest BCUT2D eigenvalue weighted by atomic mass is 10.1. The van der Waals surface area contributed by atoms with Gasteiger partial charge in [0.2, 0.25) is 45.7 Å². The highest BCUT2D eigenvalue weighted by Crippen LogP contribution is 2.25. The van der Waals surface area contributed by atoms with Gasteiger partial charge < -0.3 is 51.1 Å². The van der Waals surface area contributed by atoms with Crippen LogP contribution in [0.5, 0.6) is 11.5 Å². The molecule has 1 aliphatic heterocycles. The van der Waals surface area contributed by atoms with Crippen LogP contribution < -0.4 is 21.3 Å². The zero-order valence-electron chi connectivity index (χ0n) is 42.1. The number of fused-ring (bicyclic) bond motifs is 2. The number of rotatable bonds is 10. The molecule has 28 heteroatoms. The van der Waals surface area contributed by atoms with Gasteiger partial charge in [-0.15, -0.1) is 0 Å². The van der Waals surface area contributed by atoms with E-state index in [-0.39, 0.29) is 23.0 Å². The Bertz CT molecular complexity index is 2680. The lowest BCUT2D eigenvalue weighted by Crippen LogP contribution is -2.57. The van der Waals surface area contributed by atoms with Crippen LogP contribution in [0.25, 0.3) is 21.8 Å². The molecule has 2 aromatic heterocycles. The Morgan fingerprint density at radius 1 is 0.605 bits per heavy atom. The molecule has 1 saturated heterocycles. The Kier molecular flexibility index (Phi) is 22.8. The highest BCUT2D eigenvalue weighted by Gasteiger charge is 2.38. The quantitative estimate of drug-likeness (QED) is 0.102. The van der Waals surface area contributed by atoms with Gasteiger partial charge in [0.25, 0.3) is 11.8 Å². The minimum absolute atomic E-state index is 0.0401. The molecule has 6 atom stereocenters. The van der Waals surface area contributed by atoms with Crippen LogP contribution in [-0.2, 0) is 38.4 Å². The van der Waals surface area contributed by atoms with Gasteiger partial charge in [0.15, 0.2) is 11.4 Å². The molecule has 5 rings (SSSR count). The van der Waals surface area contributed by atoms with E-state index in [1.54, 1.807) is 61.0 Å². The third kappa shape index (κ3) is 15.2. The number of likely N-dealkylation sites (N-methyl/N-ethyl adjacent to an activating group) is 4. The van der Waals surface area contributed by atoms with E-state index < -0.39 is 141 Å². The number of thiol groups is 2. The SMILES string of the molecule is CSC[C@@H]1C(=O)SC[C@H](NC(=O)c2nc3ccccc3cc2O)C(=O)NCC(=O)N(C)[C@H](CS)C(=O)N(C)[C@H](CSC)C(=O)SC[C@H](NC(=O)c2nc3ccccc3cc2O)C(=O)NCC(=O)N(C)[C@H](CS)C(=O)N1C. The van der Waals surface area contributed by atoms with Gasteiger partial charge in [-0.2, -0.15) is 48.8 Å². The summed E-state index contributed by atoms with van der Waals surface area (Å²) < 4.78 is 0. The highest BCUT2D eigenvalue weighted by atomic mass is 32.2. The van der Waals surface area contributed by atoms with Crippen molar-refractivity contribution in [1.82, 2.24) is 50.8 Å². The first-order chi connectivity index (χ1) is 36.2. The molecular weight excluding hydrogens is 1100 g/mol. The van der Waals surface area contributed by atoms with Crippen molar-refractivity contribution in [3.63, 3.8) is 0 Å². The monoisotopic (exact) mass is 1160 g/mol. The van der Waals surface area contributed by atoms with Crippen LogP contribution in [0.2, 0.25) is 0 Å². The first kappa shape index (κ1) is 60.9. The van der Waals surface area contributed by atoms with Crippen molar-refractivity contribution in [2.45, 2.75) is 36.3 Å². The number of benzene rings is 2. The molecule has 408 valence electrons. The zero-order valence-corrected chi connectivity index (χ0v) is 47.1. The molecule has 0 spiro atoms. The number of amides is 8. The number of nitrogens with zero attached hydrogens (tertiary/aromatic N) is 6. The molecule has 8 amide bonds. The molecule has 3 heterocycles. The number of hydrogen-bond donors (Lipinski definition) is 8. The van der Waals surface area contributed by atoms with Gasteiger partial charge in [-0.3, -0.25) is 47.9 Å². The van der Waals surface area contributed by atoms with E-state index in [4.69, 9.17) is 0 Å². The van der Waals surface area contributed by atoms with Crippen molar-refractivity contribution < 1.29 is 58.2 Å². The van der Waals surface area contributed by atoms with E-state index in [9.17, 15) is 58.2 Å². The summed E-state index contributed by atoms with van der Waals surface area (Å²) in [6.45, 7) is -1.45. The molecule has 0 radical (unpaired) electrons. The Labute approximate surface area is 465 Å². The van der Waals surface area contributed by atoms with E-state index in [1.165, 1.54) is 63.8 Å². The van der Waals surface area contributed by atoms with E-state index in [1.807, 2.05) is 0 Å². The average Bonchev–Trinajstić information content (AvgIpc) is 3.41. The summed E-state index contributed by atoms with van der Waals surface area (Å²) in [5.74, 6) is -9.24. The summed E-state index contributed by atoms with van der Waals surface area (Å²) in [7, 11) is 5.26. The molecule has 1 fully saturated rings. The molecule has 0 unspecified atom stereocenters. The van der Waals surface area contributed by atoms with E-state index in [0.717, 1.165) is 19.6 Å². The number of hydrogen-bond acceptors (Lipinski definition) is 20. The third-order valence-electron chi connectivity index (χ3n) is 12.2. The van der Waals surface area contributed by atoms with E-state index in [2.05, 4.69) is 56.5 Å². The summed E-state index contributed by atoms with van der Waals surface area (Å²) in [5.41, 5.74) is -0.165. The second kappa shape index (κ2) is 28.4. The standard InChI is InChI=1S/C48H58N10O12S6/c1-55-31(19-71)45(67)57(3)33(23-73-5)47(69)75-22-30(54-44(66)40-36(60)16-26-12-8-10-14-28(26)52-40)42(64)50-18-38(62)56(2)32(20-72)46(68)58(4)34(24-74-6)48(70)76-21-29(41(63)49-17-37(55)61)53-43(65)39-35(59)15-25-11-7-9-13-27(25)51-39/h7-16,29-34,59-60,71-72H,17-24H2,1-6H3,(H,49,63)(H,50,64)(H,53,65)(H,54,66)/t29-,30-,31+,32+,33+,34+/m0/s1. The fourth-order valence-corrected chi connectivity index (χ4v) is 12.0. The lowest BCUT2D eigenvalue weighted by Gasteiger charge is -2.34. The minimum atomic E-state index is -1.56. The molecule has 2 aromatic carbocycles. The molecule has 1 aliphatic rings. The predicted molar refractivity (Wildman–Crippen MR) is 301 cm³/mol. The van der Waals surface area contributed by atoms with Gasteiger partial charge in [0, 0.05) is 73.5 Å². The van der Waals surface area contributed by atoms with Gasteiger partial charge in [-0.05, 0) is 36.8 Å². The third-order valence-corrected chi connectivity index (χ3v) is 16.3. The van der Waals surface area contributed by atoms with E-state index >= 15 is 0 Å². The smallest absolute Gasteiger partial charge is 0.274 e. The molecule has 4 aromatic rings. The number of thioether (sulfide) groups is 4. The molecule has 6 N–H and O–H groups in total. The van der Waals surface area contributed by atoms with Crippen LogP contribution in [0, 0.1) is 0 Å². The first-order valence-corrected chi connectivity index (χ1v) is 29.1. The number of pyridine rings is 2. The van der Waals surface area contributed by atoms with Gasteiger partial charge in [-0.1, -0.05) is 59.9 Å². The lowest BCUT2D eigenvalue weighted by molar-refractivity contribution is -0.144. The van der Waals surface area contributed by atoms with Crippen molar-refractivity contribution in [2.24, 2.45) is 0 Å². The second-order valence-corrected chi connectivity index (χ2v) is 21.7. The van der Waals surface area contributed by atoms with Gasteiger partial charge in [-0.25, -0.2) is 9.97 Å². The number of carbonyl (C=O) groups excluding carboxylic acids is 10. The van der Waals surface area contributed by atoms with Crippen molar-refractivity contribution >= 4 is 152 Å². The summed E-state index contributed by atoms with van der Waals surface area (Å²) in [6, 6.07) is 7.87. The van der Waals surface area contributed by atoms with Gasteiger partial charge >= 0.3 is 0 Å². The van der Waals surface area contributed by atoms with Gasteiger partial charge in [0.05, 0.1) is 24.1 Å². The zero-order chi connectivity index (χ0) is 56.0. The topological polar surface area (TPSA) is 298 Å². The molecular formula is C48H58N10O12S6. The minimum Gasteiger partial charge on any atom is -0.505 e. The maximum absolute atomic E-state index is 14.2. The maximum Gasteiger partial charge on any atom is 0.274 e. The fraction of sp³-hybridized carbons (Fsp3) is 0.417. The van der Waals surface area contributed by atoms with Crippen molar-refractivity contribution in [2.75, 3.05) is 88.3 Å². The summed E-state index contributed by atoms with van der Waals surface area (Å²) in [6.07, 6.45) is 3.37. The van der Waals surface area contributed by atoms with Crippen molar-refractivity contribution in [3.8, 4) is 11.5 Å². The van der Waals surface area contributed by atoms with Crippen LogP contribution >= 0.6 is 72.3 Å². The largest absolute Gasteiger partial charge is 0.505 e. The summed E-state index contributed by atoms with van der Waals surface area (Å²) in [5, 5.41) is 31.3. The van der Waals surface area contributed by atoms with Crippen molar-refractivity contribution in [1.29, 1.82) is 0 Å². The number of carbonyl (C=O) groups is 10. The molecule has 0 aliphatic carbocycles. The van der Waals surface area contributed by atoms with Crippen LogP contribution in [0.1, 0.15) is 21.0 Å². The molecule has 22 nitrogen and oxygen atoms in total. The molecule has 76 heavy (non-hydrogen) atoms. The van der Waals surface area contributed by atoms with Crippen LogP contribution in [0.15, 0.2) is 60.7 Å². The average molecular weight is 1160 g/mol. The highest BCUT2D eigenvalue weighted by molar-refractivity contribution is 8.14. The number of aromatic hydroxyl groups is 2. The molecule has 0 saturated carbocycles. The van der Waals surface area contributed by atoms with Crippen LogP contribution in [0.4, 0.5) is 0 Å². The summed E-state index contributed by atoms with van der Waals surface area (Å²) >= 11 is 12.3. The Balaban J connectivity index is 1.49.